The first-order chi connectivity index (χ1) is 12.1. The summed E-state index contributed by atoms with van der Waals surface area (Å²) < 4.78 is 5.36. The van der Waals surface area contributed by atoms with Crippen LogP contribution in [0.5, 0.6) is 0 Å². The summed E-state index contributed by atoms with van der Waals surface area (Å²) in [6.45, 7) is 1.53. The van der Waals surface area contributed by atoms with E-state index in [4.69, 9.17) is 9.84 Å². The van der Waals surface area contributed by atoms with E-state index < -0.39 is 5.97 Å². The van der Waals surface area contributed by atoms with Crippen LogP contribution >= 0.6 is 0 Å². The number of carbonyl (C=O) groups is 2. The number of aromatic amines is 1. The summed E-state index contributed by atoms with van der Waals surface area (Å²) in [6.07, 6.45) is 4.52. The number of nitrogens with zero attached hydrogens (tertiary/aromatic N) is 1. The number of carboxylic acids is 1. The van der Waals surface area contributed by atoms with Crippen molar-refractivity contribution in [3.8, 4) is 0 Å². The van der Waals surface area contributed by atoms with Crippen molar-refractivity contribution in [1.82, 2.24) is 9.88 Å². The molecular weight excluding hydrogens is 320 g/mol. The Hall–Kier alpha value is -2.34. The normalized spacial score (nSPS) is 15.4. The smallest absolute Gasteiger partial charge is 0.305 e. The topological polar surface area (TPSA) is 82.6 Å². The number of hydrogen-bond donors (Lipinski definition) is 2. The third kappa shape index (κ3) is 4.39. The molecule has 134 valence electrons. The van der Waals surface area contributed by atoms with Gasteiger partial charge < -0.3 is 19.7 Å². The SMILES string of the molecule is O=C(O)CCN(C(=O)CCc1c[nH]c2ccccc12)C1CCOCC1. The van der Waals surface area contributed by atoms with Crippen LogP contribution in [0.25, 0.3) is 10.9 Å². The molecule has 1 fully saturated rings. The lowest BCUT2D eigenvalue weighted by Gasteiger charge is -2.34. The maximum Gasteiger partial charge on any atom is 0.305 e. The summed E-state index contributed by atoms with van der Waals surface area (Å²) in [5.41, 5.74) is 2.19. The fraction of sp³-hybridized carbons (Fsp3) is 0.474. The minimum absolute atomic E-state index is 0.0177. The molecule has 1 aliphatic heterocycles. The van der Waals surface area contributed by atoms with Crippen LogP contribution in [0.3, 0.4) is 0 Å². The monoisotopic (exact) mass is 344 g/mol. The highest BCUT2D eigenvalue weighted by atomic mass is 16.5. The van der Waals surface area contributed by atoms with Gasteiger partial charge in [-0.15, -0.1) is 0 Å². The number of carboxylic acid groups (broad SMARTS) is 1. The van der Waals surface area contributed by atoms with Crippen molar-refractivity contribution in [1.29, 1.82) is 0 Å². The van der Waals surface area contributed by atoms with Crippen LogP contribution in [0, 0.1) is 0 Å². The Morgan fingerprint density at radius 2 is 1.96 bits per heavy atom. The molecule has 1 aliphatic rings. The molecule has 0 unspecified atom stereocenters. The molecule has 2 N–H and O–H groups in total. The summed E-state index contributed by atoms with van der Waals surface area (Å²) in [5, 5.41) is 10.1. The summed E-state index contributed by atoms with van der Waals surface area (Å²) in [7, 11) is 0. The number of H-pyrrole nitrogens is 1. The number of para-hydroxylation sites is 1. The van der Waals surface area contributed by atoms with E-state index in [-0.39, 0.29) is 24.9 Å². The molecule has 0 atom stereocenters. The molecule has 6 nitrogen and oxygen atoms in total. The number of aryl methyl sites for hydroxylation is 1. The van der Waals surface area contributed by atoms with Crippen molar-refractivity contribution in [2.24, 2.45) is 0 Å². The quantitative estimate of drug-likeness (QED) is 0.809. The third-order valence-corrected chi connectivity index (χ3v) is 4.80. The number of amides is 1. The van der Waals surface area contributed by atoms with Crippen molar-refractivity contribution < 1.29 is 19.4 Å². The van der Waals surface area contributed by atoms with E-state index >= 15 is 0 Å². The summed E-state index contributed by atoms with van der Waals surface area (Å²) in [5.74, 6) is -0.847. The van der Waals surface area contributed by atoms with Gasteiger partial charge in [-0.2, -0.15) is 0 Å². The van der Waals surface area contributed by atoms with Crippen molar-refractivity contribution in [2.45, 2.75) is 38.1 Å². The van der Waals surface area contributed by atoms with Crippen LogP contribution in [0.1, 0.15) is 31.2 Å². The zero-order valence-corrected chi connectivity index (χ0v) is 14.2. The van der Waals surface area contributed by atoms with Gasteiger partial charge in [0.1, 0.15) is 0 Å². The van der Waals surface area contributed by atoms with E-state index in [0.717, 1.165) is 29.3 Å². The number of benzene rings is 1. The molecular formula is C19H24N2O4. The molecule has 0 saturated carbocycles. The second-order valence-corrected chi connectivity index (χ2v) is 6.43. The lowest BCUT2D eigenvalue weighted by atomic mass is 10.0. The van der Waals surface area contributed by atoms with Crippen molar-refractivity contribution in [2.75, 3.05) is 19.8 Å². The highest BCUT2D eigenvalue weighted by Gasteiger charge is 2.26. The first-order valence-corrected chi connectivity index (χ1v) is 8.79. The van der Waals surface area contributed by atoms with Gasteiger partial charge >= 0.3 is 5.97 Å². The van der Waals surface area contributed by atoms with E-state index in [1.54, 1.807) is 4.90 Å². The Morgan fingerprint density at radius 3 is 2.72 bits per heavy atom. The fourth-order valence-electron chi connectivity index (χ4n) is 3.45. The molecule has 0 spiro atoms. The van der Waals surface area contributed by atoms with Crippen LogP contribution in [-0.2, 0) is 20.7 Å². The standard InChI is InChI=1S/C19H24N2O4/c22-18(6-5-14-13-20-17-4-2-1-3-16(14)17)21(10-7-19(23)24)15-8-11-25-12-9-15/h1-4,13,15,20H,5-12H2,(H,23,24). The number of aliphatic carboxylic acids is 1. The van der Waals surface area contributed by atoms with Crippen LogP contribution < -0.4 is 0 Å². The Kier molecular flexibility index (Phi) is 5.71. The summed E-state index contributed by atoms with van der Waals surface area (Å²) >= 11 is 0. The molecule has 1 amide bonds. The van der Waals surface area contributed by atoms with Crippen LogP contribution in [0.15, 0.2) is 30.5 Å². The molecule has 0 bridgehead atoms. The minimum atomic E-state index is -0.874. The first-order valence-electron chi connectivity index (χ1n) is 8.79. The number of aromatic nitrogens is 1. The van der Waals surface area contributed by atoms with E-state index in [1.165, 1.54) is 0 Å². The first kappa shape index (κ1) is 17.5. The van der Waals surface area contributed by atoms with Gasteiger partial charge in [-0.3, -0.25) is 9.59 Å². The van der Waals surface area contributed by atoms with Gasteiger partial charge in [0.05, 0.1) is 6.42 Å². The molecule has 1 aromatic carbocycles. The van der Waals surface area contributed by atoms with E-state index in [0.29, 0.717) is 26.1 Å². The van der Waals surface area contributed by atoms with Gasteiger partial charge in [0.2, 0.25) is 5.91 Å². The maximum absolute atomic E-state index is 12.8. The largest absolute Gasteiger partial charge is 0.481 e. The fourth-order valence-corrected chi connectivity index (χ4v) is 3.45. The second-order valence-electron chi connectivity index (χ2n) is 6.43. The number of rotatable bonds is 7. The van der Waals surface area contributed by atoms with Crippen LogP contribution in [-0.4, -0.2) is 52.7 Å². The average molecular weight is 344 g/mol. The molecule has 3 rings (SSSR count). The Bertz CT molecular complexity index is 734. The predicted molar refractivity (Wildman–Crippen MR) is 94.4 cm³/mol. The van der Waals surface area contributed by atoms with Gasteiger partial charge in [-0.25, -0.2) is 0 Å². The van der Waals surface area contributed by atoms with Gasteiger partial charge in [0.25, 0.3) is 0 Å². The third-order valence-electron chi connectivity index (χ3n) is 4.80. The highest BCUT2D eigenvalue weighted by molar-refractivity contribution is 5.84. The zero-order chi connectivity index (χ0) is 17.6. The van der Waals surface area contributed by atoms with E-state index in [1.807, 2.05) is 30.5 Å². The molecule has 0 radical (unpaired) electrons. The number of ether oxygens (including phenoxy) is 1. The average Bonchev–Trinajstić information content (AvgIpc) is 3.04. The van der Waals surface area contributed by atoms with Crippen molar-refractivity contribution in [3.63, 3.8) is 0 Å². The molecule has 6 heteroatoms. The lowest BCUT2D eigenvalue weighted by molar-refractivity contribution is -0.140. The van der Waals surface area contributed by atoms with Gasteiger partial charge in [0, 0.05) is 49.3 Å². The van der Waals surface area contributed by atoms with Crippen molar-refractivity contribution in [3.05, 3.63) is 36.0 Å². The van der Waals surface area contributed by atoms with Gasteiger partial charge in [0.15, 0.2) is 0 Å². The predicted octanol–water partition coefficient (Wildman–Crippen LogP) is 2.58. The molecule has 25 heavy (non-hydrogen) atoms. The molecule has 2 aromatic rings. The molecule has 1 saturated heterocycles. The summed E-state index contributed by atoms with van der Waals surface area (Å²) in [4.78, 5) is 28.7. The van der Waals surface area contributed by atoms with Crippen molar-refractivity contribution >= 4 is 22.8 Å². The minimum Gasteiger partial charge on any atom is -0.481 e. The van der Waals surface area contributed by atoms with Gasteiger partial charge in [-0.05, 0) is 30.9 Å². The zero-order valence-electron chi connectivity index (χ0n) is 14.2. The maximum atomic E-state index is 12.8. The number of nitrogens with one attached hydrogen (secondary N) is 1. The Morgan fingerprint density at radius 1 is 1.20 bits per heavy atom. The number of hydrogen-bond acceptors (Lipinski definition) is 3. The number of carbonyl (C=O) groups excluding carboxylic acids is 1. The van der Waals surface area contributed by atoms with Gasteiger partial charge in [-0.1, -0.05) is 18.2 Å². The van der Waals surface area contributed by atoms with Crippen LogP contribution in [0.2, 0.25) is 0 Å². The molecule has 2 heterocycles. The van der Waals surface area contributed by atoms with E-state index in [9.17, 15) is 9.59 Å². The molecule has 1 aromatic heterocycles. The van der Waals surface area contributed by atoms with E-state index in [2.05, 4.69) is 4.98 Å². The highest BCUT2D eigenvalue weighted by Crippen LogP contribution is 2.21. The summed E-state index contributed by atoms with van der Waals surface area (Å²) in [6, 6.07) is 8.12. The van der Waals surface area contributed by atoms with Crippen LogP contribution in [0.4, 0.5) is 0 Å². The Balaban J connectivity index is 1.65. The number of fused-ring (bicyclic) bond motifs is 1. The second kappa shape index (κ2) is 8.16. The lowest BCUT2D eigenvalue weighted by Crippen LogP contribution is -2.44. The Labute approximate surface area is 146 Å². The molecule has 0 aliphatic carbocycles.